The Labute approximate surface area is 103 Å². The third-order valence-corrected chi connectivity index (χ3v) is 3.30. The van der Waals surface area contributed by atoms with E-state index in [-0.39, 0.29) is 0 Å². The van der Waals surface area contributed by atoms with Gasteiger partial charge in [-0.1, -0.05) is 26.0 Å². The van der Waals surface area contributed by atoms with E-state index in [1.165, 1.54) is 0 Å². The molecule has 0 bridgehead atoms. The van der Waals surface area contributed by atoms with Gasteiger partial charge in [-0.05, 0) is 31.4 Å². The molecule has 0 aromatic heterocycles. The van der Waals surface area contributed by atoms with Crippen LogP contribution in [0.15, 0.2) is 18.2 Å². The lowest BCUT2D eigenvalue weighted by Gasteiger charge is -2.26. The first-order valence-corrected chi connectivity index (χ1v) is 6.02. The highest BCUT2D eigenvalue weighted by molar-refractivity contribution is 5.62. The zero-order chi connectivity index (χ0) is 12.9. The number of rotatable bonds is 5. The highest BCUT2D eigenvalue weighted by Gasteiger charge is 2.22. The number of hydrogen-bond acceptors (Lipinski definition) is 3. The average Bonchev–Trinajstić information content (AvgIpc) is 2.36. The van der Waals surface area contributed by atoms with Gasteiger partial charge in [0.05, 0.1) is 16.9 Å². The maximum absolute atomic E-state index is 10.2. The lowest BCUT2D eigenvalue weighted by molar-refractivity contribution is 0.0457. The maximum Gasteiger partial charge on any atom is 0.101 e. The number of para-hydroxylation sites is 1. The van der Waals surface area contributed by atoms with Gasteiger partial charge < -0.3 is 10.4 Å². The van der Waals surface area contributed by atoms with Crippen molar-refractivity contribution in [3.63, 3.8) is 0 Å². The first-order valence-electron chi connectivity index (χ1n) is 6.02. The van der Waals surface area contributed by atoms with Crippen LogP contribution in [0.4, 0.5) is 5.69 Å². The van der Waals surface area contributed by atoms with Crippen molar-refractivity contribution in [2.45, 2.75) is 39.2 Å². The molecular formula is C14H20N2O. The molecule has 0 spiro atoms. The molecule has 0 unspecified atom stereocenters. The first-order chi connectivity index (χ1) is 8.06. The van der Waals surface area contributed by atoms with Crippen LogP contribution in [0.3, 0.4) is 0 Å². The molecule has 0 aliphatic rings. The van der Waals surface area contributed by atoms with Gasteiger partial charge in [-0.2, -0.15) is 5.26 Å². The van der Waals surface area contributed by atoms with Crippen molar-refractivity contribution in [3.05, 3.63) is 29.3 Å². The molecule has 2 N–H and O–H groups in total. The van der Waals surface area contributed by atoms with E-state index < -0.39 is 5.60 Å². The Hall–Kier alpha value is -1.53. The highest BCUT2D eigenvalue weighted by atomic mass is 16.3. The monoisotopic (exact) mass is 232 g/mol. The summed E-state index contributed by atoms with van der Waals surface area (Å²) >= 11 is 0. The lowest BCUT2D eigenvalue weighted by atomic mass is 9.97. The average molecular weight is 232 g/mol. The van der Waals surface area contributed by atoms with Crippen LogP contribution in [0.25, 0.3) is 0 Å². The number of nitrogens with zero attached hydrogens (tertiary/aromatic N) is 1. The normalized spacial score (nSPS) is 11.0. The van der Waals surface area contributed by atoms with Crippen LogP contribution in [-0.4, -0.2) is 17.3 Å². The molecule has 0 heterocycles. The van der Waals surface area contributed by atoms with Crippen molar-refractivity contribution in [2.75, 3.05) is 11.9 Å². The molecule has 0 amide bonds. The number of aryl methyl sites for hydroxylation is 1. The van der Waals surface area contributed by atoms with E-state index in [1.54, 1.807) is 6.07 Å². The zero-order valence-corrected chi connectivity index (χ0v) is 10.7. The van der Waals surface area contributed by atoms with Crippen LogP contribution in [0.1, 0.15) is 37.8 Å². The second-order valence-electron chi connectivity index (χ2n) is 4.39. The number of nitrogens with one attached hydrogen (secondary N) is 1. The van der Waals surface area contributed by atoms with E-state index in [0.717, 1.165) is 11.3 Å². The quantitative estimate of drug-likeness (QED) is 0.820. The minimum Gasteiger partial charge on any atom is -0.388 e. The fourth-order valence-electron chi connectivity index (χ4n) is 1.75. The van der Waals surface area contributed by atoms with Gasteiger partial charge in [0.15, 0.2) is 0 Å². The standard InChI is InChI=1S/C14H20N2O/c1-4-14(17,5-2)10-16-13-11(3)7-6-8-12(13)9-15/h6-8,16-17H,4-5,10H2,1-3H3. The topological polar surface area (TPSA) is 56.0 Å². The Morgan fingerprint density at radius 1 is 1.35 bits per heavy atom. The number of anilines is 1. The molecule has 0 saturated carbocycles. The van der Waals surface area contributed by atoms with E-state index in [2.05, 4.69) is 11.4 Å². The largest absolute Gasteiger partial charge is 0.388 e. The molecule has 3 heteroatoms. The van der Waals surface area contributed by atoms with E-state index in [9.17, 15) is 5.11 Å². The Bertz CT molecular complexity index is 417. The van der Waals surface area contributed by atoms with Crippen LogP contribution in [0, 0.1) is 18.3 Å². The van der Waals surface area contributed by atoms with Crippen LogP contribution in [0.2, 0.25) is 0 Å². The summed E-state index contributed by atoms with van der Waals surface area (Å²) in [7, 11) is 0. The van der Waals surface area contributed by atoms with Crippen LogP contribution in [-0.2, 0) is 0 Å². The maximum atomic E-state index is 10.2. The lowest BCUT2D eigenvalue weighted by Crippen LogP contribution is -2.35. The molecule has 0 atom stereocenters. The predicted octanol–water partition coefficient (Wildman–Crippen LogP) is 2.83. The Morgan fingerprint density at radius 3 is 2.53 bits per heavy atom. The van der Waals surface area contributed by atoms with E-state index in [1.807, 2.05) is 32.9 Å². The molecule has 17 heavy (non-hydrogen) atoms. The van der Waals surface area contributed by atoms with E-state index >= 15 is 0 Å². The van der Waals surface area contributed by atoms with Crippen LogP contribution >= 0.6 is 0 Å². The molecule has 92 valence electrons. The fourth-order valence-corrected chi connectivity index (χ4v) is 1.75. The summed E-state index contributed by atoms with van der Waals surface area (Å²) in [6.07, 6.45) is 1.40. The summed E-state index contributed by atoms with van der Waals surface area (Å²) in [6.45, 7) is 6.36. The molecule has 1 aromatic rings. The van der Waals surface area contributed by atoms with E-state index in [4.69, 9.17) is 5.26 Å². The SMILES string of the molecule is CCC(O)(CC)CNc1c(C)cccc1C#N. The van der Waals surface area contributed by atoms with Gasteiger partial charge >= 0.3 is 0 Å². The summed E-state index contributed by atoms with van der Waals surface area (Å²) in [5.74, 6) is 0. The number of nitriles is 1. The number of aliphatic hydroxyl groups is 1. The van der Waals surface area contributed by atoms with Crippen molar-refractivity contribution < 1.29 is 5.11 Å². The summed E-state index contributed by atoms with van der Waals surface area (Å²) in [5, 5.41) is 22.4. The molecule has 1 rings (SSSR count). The highest BCUT2D eigenvalue weighted by Crippen LogP contribution is 2.22. The smallest absolute Gasteiger partial charge is 0.101 e. The third kappa shape index (κ3) is 3.21. The van der Waals surface area contributed by atoms with Gasteiger partial charge in [0, 0.05) is 6.54 Å². The molecule has 0 saturated heterocycles. The zero-order valence-electron chi connectivity index (χ0n) is 10.7. The fraction of sp³-hybridized carbons (Fsp3) is 0.500. The Kier molecular flexibility index (Phi) is 4.53. The Morgan fingerprint density at radius 2 is 2.00 bits per heavy atom. The minimum absolute atomic E-state index is 0.472. The third-order valence-electron chi connectivity index (χ3n) is 3.30. The molecular weight excluding hydrogens is 212 g/mol. The summed E-state index contributed by atoms with van der Waals surface area (Å²) in [5.41, 5.74) is 1.78. The summed E-state index contributed by atoms with van der Waals surface area (Å²) in [4.78, 5) is 0. The number of benzene rings is 1. The molecule has 0 radical (unpaired) electrons. The molecule has 1 aromatic carbocycles. The first kappa shape index (κ1) is 13.5. The van der Waals surface area contributed by atoms with Crippen molar-refractivity contribution >= 4 is 5.69 Å². The van der Waals surface area contributed by atoms with Crippen molar-refractivity contribution in [2.24, 2.45) is 0 Å². The molecule has 0 fully saturated rings. The predicted molar refractivity (Wildman–Crippen MR) is 69.9 cm³/mol. The van der Waals surface area contributed by atoms with Gasteiger partial charge in [0.1, 0.15) is 6.07 Å². The number of hydrogen-bond donors (Lipinski definition) is 2. The Balaban J connectivity index is 2.86. The molecule has 3 nitrogen and oxygen atoms in total. The van der Waals surface area contributed by atoms with Gasteiger partial charge in [-0.15, -0.1) is 0 Å². The van der Waals surface area contributed by atoms with Gasteiger partial charge in [0.25, 0.3) is 0 Å². The summed E-state index contributed by atoms with van der Waals surface area (Å²) < 4.78 is 0. The molecule has 0 aliphatic heterocycles. The van der Waals surface area contributed by atoms with E-state index in [0.29, 0.717) is 24.9 Å². The van der Waals surface area contributed by atoms with Crippen molar-refractivity contribution in [3.8, 4) is 6.07 Å². The molecule has 0 aliphatic carbocycles. The van der Waals surface area contributed by atoms with Gasteiger partial charge in [0.2, 0.25) is 0 Å². The minimum atomic E-state index is -0.699. The summed E-state index contributed by atoms with van der Waals surface area (Å²) in [6, 6.07) is 7.77. The van der Waals surface area contributed by atoms with Crippen molar-refractivity contribution in [1.29, 1.82) is 5.26 Å². The van der Waals surface area contributed by atoms with Crippen LogP contribution < -0.4 is 5.32 Å². The van der Waals surface area contributed by atoms with Crippen LogP contribution in [0.5, 0.6) is 0 Å². The second-order valence-corrected chi connectivity index (χ2v) is 4.39. The van der Waals surface area contributed by atoms with Gasteiger partial charge in [-0.3, -0.25) is 0 Å². The van der Waals surface area contributed by atoms with Gasteiger partial charge in [-0.25, -0.2) is 0 Å². The van der Waals surface area contributed by atoms with Crippen molar-refractivity contribution in [1.82, 2.24) is 0 Å². The second kappa shape index (κ2) is 5.70.